The number of hydrogen-bond acceptors (Lipinski definition) is 6. The molecule has 0 unspecified atom stereocenters. The molecule has 1 aliphatic heterocycles. The smallest absolute Gasteiger partial charge is 0.280 e. The lowest BCUT2D eigenvalue weighted by Crippen LogP contribution is -2.43. The summed E-state index contributed by atoms with van der Waals surface area (Å²) in [5.41, 5.74) is 2.45. The van der Waals surface area contributed by atoms with E-state index in [-0.39, 0.29) is 17.9 Å². The van der Waals surface area contributed by atoms with E-state index in [1.54, 1.807) is 18.5 Å². The minimum atomic E-state index is -0.131. The van der Waals surface area contributed by atoms with Crippen molar-refractivity contribution in [3.63, 3.8) is 0 Å². The number of nitrogens with one attached hydrogen (secondary N) is 2. The summed E-state index contributed by atoms with van der Waals surface area (Å²) < 4.78 is 0. The summed E-state index contributed by atoms with van der Waals surface area (Å²) in [7, 11) is 2.10. The average Bonchev–Trinajstić information content (AvgIpc) is 3.20. The number of fused-ring (bicyclic) bond motifs is 1. The Balaban J connectivity index is 1.55. The summed E-state index contributed by atoms with van der Waals surface area (Å²) in [6.45, 7) is 3.47. The van der Waals surface area contributed by atoms with Crippen molar-refractivity contribution in [3.8, 4) is 10.4 Å². The van der Waals surface area contributed by atoms with Gasteiger partial charge < -0.3 is 15.5 Å². The van der Waals surface area contributed by atoms with Gasteiger partial charge in [-0.2, -0.15) is 0 Å². The lowest BCUT2D eigenvalue weighted by atomic mass is 10.1. The molecule has 7 nitrogen and oxygen atoms in total. The second-order valence-corrected chi connectivity index (χ2v) is 8.38. The summed E-state index contributed by atoms with van der Waals surface area (Å²) >= 11 is 1.37. The number of anilines is 1. The third-order valence-corrected chi connectivity index (χ3v) is 6.14. The highest BCUT2D eigenvalue weighted by Gasteiger charge is 2.21. The van der Waals surface area contributed by atoms with Crippen LogP contribution in [0.25, 0.3) is 21.3 Å². The van der Waals surface area contributed by atoms with Gasteiger partial charge in [0.15, 0.2) is 5.01 Å². The molecule has 8 heteroatoms. The average molecular weight is 410 g/mol. The maximum atomic E-state index is 12.6. The first-order valence-electron chi connectivity index (χ1n) is 9.61. The molecule has 2 amide bonds. The third-order valence-electron chi connectivity index (χ3n) is 5.09. The number of piperidine rings is 1. The predicted molar refractivity (Wildman–Crippen MR) is 115 cm³/mol. The fourth-order valence-corrected chi connectivity index (χ4v) is 4.33. The Morgan fingerprint density at radius 2 is 1.97 bits per heavy atom. The molecule has 3 aromatic rings. The molecule has 1 fully saturated rings. The maximum Gasteiger partial charge on any atom is 0.280 e. The Morgan fingerprint density at radius 1 is 1.17 bits per heavy atom. The van der Waals surface area contributed by atoms with Crippen molar-refractivity contribution >= 4 is 39.7 Å². The number of nitrogens with zero attached hydrogens (tertiary/aromatic N) is 3. The van der Waals surface area contributed by atoms with Crippen LogP contribution < -0.4 is 10.6 Å². The SMILES string of the molecule is CC(=O)Nc1ccnc2ccc(-c3cnc(C(=O)NC4CCN(C)CC4)s3)cc12. The molecule has 2 aromatic heterocycles. The molecular weight excluding hydrogens is 386 g/mol. The number of carbonyl (C=O) groups is 2. The zero-order valence-electron chi connectivity index (χ0n) is 16.4. The second kappa shape index (κ2) is 8.26. The lowest BCUT2D eigenvalue weighted by Gasteiger charge is -2.29. The van der Waals surface area contributed by atoms with Crippen LogP contribution in [0.2, 0.25) is 0 Å². The van der Waals surface area contributed by atoms with E-state index in [0.717, 1.165) is 47.3 Å². The first-order valence-corrected chi connectivity index (χ1v) is 10.4. The second-order valence-electron chi connectivity index (χ2n) is 7.35. The number of carbonyl (C=O) groups excluding carboxylic acids is 2. The van der Waals surface area contributed by atoms with E-state index in [2.05, 4.69) is 32.5 Å². The Kier molecular flexibility index (Phi) is 5.55. The molecule has 1 aliphatic rings. The monoisotopic (exact) mass is 409 g/mol. The number of thiazole rings is 1. The third kappa shape index (κ3) is 4.44. The Labute approximate surface area is 173 Å². The number of likely N-dealkylation sites (tertiary alicyclic amines) is 1. The molecule has 0 spiro atoms. The number of aromatic nitrogens is 2. The van der Waals surface area contributed by atoms with E-state index in [9.17, 15) is 9.59 Å². The number of amides is 2. The molecule has 0 aliphatic carbocycles. The normalized spacial score (nSPS) is 15.4. The molecule has 0 atom stereocenters. The number of rotatable bonds is 4. The Bertz CT molecular complexity index is 1060. The van der Waals surface area contributed by atoms with Gasteiger partial charge in [-0.3, -0.25) is 14.6 Å². The minimum absolute atomic E-state index is 0.114. The molecule has 1 aromatic carbocycles. The van der Waals surface area contributed by atoms with Crippen molar-refractivity contribution in [3.05, 3.63) is 41.7 Å². The molecule has 2 N–H and O–H groups in total. The van der Waals surface area contributed by atoms with E-state index in [1.165, 1.54) is 18.3 Å². The van der Waals surface area contributed by atoms with E-state index >= 15 is 0 Å². The van der Waals surface area contributed by atoms with Gasteiger partial charge in [-0.25, -0.2) is 4.98 Å². The van der Waals surface area contributed by atoms with Gasteiger partial charge in [-0.1, -0.05) is 6.07 Å². The molecule has 0 saturated carbocycles. The fraction of sp³-hybridized carbons (Fsp3) is 0.333. The molecule has 0 bridgehead atoms. The Hall–Kier alpha value is -2.84. The van der Waals surface area contributed by atoms with Crippen LogP contribution in [-0.4, -0.2) is 52.9 Å². The van der Waals surface area contributed by atoms with E-state index in [1.807, 2.05) is 18.2 Å². The summed E-state index contributed by atoms with van der Waals surface area (Å²) in [6, 6.07) is 7.83. The van der Waals surface area contributed by atoms with Crippen molar-refractivity contribution in [2.75, 3.05) is 25.5 Å². The Morgan fingerprint density at radius 3 is 2.72 bits per heavy atom. The quantitative estimate of drug-likeness (QED) is 0.691. The van der Waals surface area contributed by atoms with Crippen molar-refractivity contribution in [1.29, 1.82) is 0 Å². The molecule has 1 saturated heterocycles. The van der Waals surface area contributed by atoms with Crippen molar-refractivity contribution in [2.24, 2.45) is 0 Å². The van der Waals surface area contributed by atoms with Crippen LogP contribution in [-0.2, 0) is 4.79 Å². The van der Waals surface area contributed by atoms with E-state index < -0.39 is 0 Å². The molecule has 0 radical (unpaired) electrons. The molecular formula is C21H23N5O2S. The fourth-order valence-electron chi connectivity index (χ4n) is 3.51. The molecule has 4 rings (SSSR count). The molecule has 150 valence electrons. The van der Waals surface area contributed by atoms with Crippen LogP contribution >= 0.6 is 11.3 Å². The predicted octanol–water partition coefficient (Wildman–Crippen LogP) is 3.14. The largest absolute Gasteiger partial charge is 0.347 e. The zero-order chi connectivity index (χ0) is 20.4. The number of hydrogen-bond donors (Lipinski definition) is 2. The van der Waals surface area contributed by atoms with Gasteiger partial charge in [0, 0.05) is 30.7 Å². The standard InChI is InChI=1S/C21H23N5O2S/c1-13(27)24-18-5-8-22-17-4-3-14(11-16(17)18)19-12-23-21(29-19)20(28)25-15-6-9-26(2)10-7-15/h3-5,8,11-12,15H,6-7,9-10H2,1-2H3,(H,25,28)(H,22,24,27). The topological polar surface area (TPSA) is 87.2 Å². The van der Waals surface area contributed by atoms with Gasteiger partial charge in [0.05, 0.1) is 16.1 Å². The van der Waals surface area contributed by atoms with Gasteiger partial charge in [0.25, 0.3) is 5.91 Å². The van der Waals surface area contributed by atoms with Gasteiger partial charge in [-0.05, 0) is 56.7 Å². The van der Waals surface area contributed by atoms with Crippen LogP contribution in [0, 0.1) is 0 Å². The first-order chi connectivity index (χ1) is 14.0. The highest BCUT2D eigenvalue weighted by atomic mass is 32.1. The summed E-state index contributed by atoms with van der Waals surface area (Å²) in [4.78, 5) is 35.9. The van der Waals surface area contributed by atoms with Crippen LogP contribution in [0.3, 0.4) is 0 Å². The zero-order valence-corrected chi connectivity index (χ0v) is 17.3. The van der Waals surface area contributed by atoms with Crippen molar-refractivity contribution in [1.82, 2.24) is 20.2 Å². The summed E-state index contributed by atoms with van der Waals surface area (Å²) in [5.74, 6) is -0.245. The number of pyridine rings is 1. The number of benzene rings is 1. The molecule has 29 heavy (non-hydrogen) atoms. The van der Waals surface area contributed by atoms with E-state index in [4.69, 9.17) is 0 Å². The maximum absolute atomic E-state index is 12.6. The van der Waals surface area contributed by atoms with Crippen molar-refractivity contribution in [2.45, 2.75) is 25.8 Å². The molecule has 3 heterocycles. The van der Waals surface area contributed by atoms with Gasteiger partial charge >= 0.3 is 0 Å². The van der Waals surface area contributed by atoms with Gasteiger partial charge in [0.1, 0.15) is 0 Å². The van der Waals surface area contributed by atoms with Crippen molar-refractivity contribution < 1.29 is 9.59 Å². The van der Waals surface area contributed by atoms with E-state index in [0.29, 0.717) is 10.7 Å². The van der Waals surface area contributed by atoms with Gasteiger partial charge in [-0.15, -0.1) is 11.3 Å². The summed E-state index contributed by atoms with van der Waals surface area (Å²) in [6.07, 6.45) is 5.32. The first kappa shape index (κ1) is 19.5. The van der Waals surface area contributed by atoms with Crippen LogP contribution in [0.5, 0.6) is 0 Å². The summed E-state index contributed by atoms with van der Waals surface area (Å²) in [5, 5.41) is 7.26. The van der Waals surface area contributed by atoms with Crippen LogP contribution in [0.15, 0.2) is 36.7 Å². The highest BCUT2D eigenvalue weighted by molar-refractivity contribution is 7.17. The minimum Gasteiger partial charge on any atom is -0.347 e. The van der Waals surface area contributed by atoms with Crippen LogP contribution in [0.1, 0.15) is 29.6 Å². The van der Waals surface area contributed by atoms with Gasteiger partial charge in [0.2, 0.25) is 5.91 Å². The highest BCUT2D eigenvalue weighted by Crippen LogP contribution is 2.31. The van der Waals surface area contributed by atoms with Crippen LogP contribution in [0.4, 0.5) is 5.69 Å². The lowest BCUT2D eigenvalue weighted by molar-refractivity contribution is -0.114.